The first kappa shape index (κ1) is 14.5. The van der Waals surface area contributed by atoms with Gasteiger partial charge in [-0.25, -0.2) is 10.8 Å². The molecule has 4 N–H and O–H groups in total. The van der Waals surface area contributed by atoms with Gasteiger partial charge < -0.3 is 15.6 Å². The maximum absolute atomic E-state index is 12.6. The number of alkyl halides is 3. The van der Waals surface area contributed by atoms with Gasteiger partial charge in [-0.15, -0.1) is 0 Å². The largest absolute Gasteiger partial charge is 0.416 e. The van der Waals surface area contributed by atoms with Gasteiger partial charge in [0.05, 0.1) is 5.56 Å². The molecule has 0 saturated carbocycles. The molecule has 0 aliphatic heterocycles. The van der Waals surface area contributed by atoms with Crippen LogP contribution >= 0.6 is 0 Å². The van der Waals surface area contributed by atoms with Crippen molar-refractivity contribution in [3.63, 3.8) is 0 Å². The summed E-state index contributed by atoms with van der Waals surface area (Å²) in [5.41, 5.74) is 1.32. The summed E-state index contributed by atoms with van der Waals surface area (Å²) in [4.78, 5) is 5.80. The third kappa shape index (κ3) is 4.38. The van der Waals surface area contributed by atoms with Gasteiger partial charge in [-0.3, -0.25) is 0 Å². The van der Waals surface area contributed by atoms with Crippen LogP contribution in [0.2, 0.25) is 0 Å². The third-order valence-electron chi connectivity index (χ3n) is 2.17. The van der Waals surface area contributed by atoms with E-state index in [0.29, 0.717) is 13.1 Å². The number of pyridine rings is 1. The van der Waals surface area contributed by atoms with E-state index in [9.17, 15) is 13.2 Å². The molecular weight excluding hydrogens is 247 g/mol. The molecule has 5 nitrogen and oxygen atoms in total. The molecule has 0 radical (unpaired) electrons. The van der Waals surface area contributed by atoms with E-state index in [1.165, 1.54) is 0 Å². The highest BCUT2D eigenvalue weighted by Crippen LogP contribution is 2.31. The fourth-order valence-electron chi connectivity index (χ4n) is 1.27. The molecule has 0 unspecified atom stereocenters. The molecule has 1 aromatic rings. The van der Waals surface area contributed by atoms with Crippen molar-refractivity contribution in [1.82, 2.24) is 9.88 Å². The van der Waals surface area contributed by atoms with Crippen molar-refractivity contribution in [2.75, 3.05) is 37.9 Å². The number of nitrogen functional groups attached to an aromatic ring is 1. The molecule has 1 rings (SSSR count). The molecule has 0 aliphatic carbocycles. The molecule has 0 atom stereocenters. The number of likely N-dealkylation sites (N-methyl/N-ethyl adjacent to an activating group) is 1. The second kappa shape index (κ2) is 5.87. The second-order valence-corrected chi connectivity index (χ2v) is 4.00. The summed E-state index contributed by atoms with van der Waals surface area (Å²) in [6, 6.07) is 1.81. The Bertz CT molecular complexity index is 392. The second-order valence-electron chi connectivity index (χ2n) is 4.00. The molecule has 0 spiro atoms. The van der Waals surface area contributed by atoms with Gasteiger partial charge in [0.25, 0.3) is 0 Å². The Morgan fingerprint density at radius 1 is 1.28 bits per heavy atom. The van der Waals surface area contributed by atoms with Gasteiger partial charge in [0.1, 0.15) is 11.6 Å². The lowest BCUT2D eigenvalue weighted by atomic mass is 10.2. The van der Waals surface area contributed by atoms with Crippen molar-refractivity contribution in [3.05, 3.63) is 17.7 Å². The smallest absolute Gasteiger partial charge is 0.369 e. The molecule has 1 aromatic heterocycles. The zero-order chi connectivity index (χ0) is 13.8. The molecule has 18 heavy (non-hydrogen) atoms. The van der Waals surface area contributed by atoms with Gasteiger partial charge in [-0.2, -0.15) is 13.2 Å². The maximum atomic E-state index is 12.6. The summed E-state index contributed by atoms with van der Waals surface area (Å²) in [6.07, 6.45) is -4.42. The lowest BCUT2D eigenvalue weighted by molar-refractivity contribution is -0.137. The van der Waals surface area contributed by atoms with E-state index in [2.05, 4.69) is 15.7 Å². The van der Waals surface area contributed by atoms with Crippen LogP contribution in [0.4, 0.5) is 24.8 Å². The van der Waals surface area contributed by atoms with Gasteiger partial charge in [0.15, 0.2) is 0 Å². The SMILES string of the molecule is CN(C)CCNc1cc(C(F)(F)F)cc(NN)n1. The summed E-state index contributed by atoms with van der Waals surface area (Å²) in [7, 11) is 3.74. The van der Waals surface area contributed by atoms with Gasteiger partial charge >= 0.3 is 6.18 Å². The predicted molar refractivity (Wildman–Crippen MR) is 64.1 cm³/mol. The number of nitrogens with one attached hydrogen (secondary N) is 2. The lowest BCUT2D eigenvalue weighted by Gasteiger charge is -2.14. The lowest BCUT2D eigenvalue weighted by Crippen LogP contribution is -2.21. The van der Waals surface area contributed by atoms with Gasteiger partial charge in [0.2, 0.25) is 0 Å². The average Bonchev–Trinajstić information content (AvgIpc) is 2.27. The van der Waals surface area contributed by atoms with Crippen molar-refractivity contribution in [3.8, 4) is 0 Å². The Morgan fingerprint density at radius 3 is 2.39 bits per heavy atom. The highest BCUT2D eigenvalue weighted by molar-refractivity contribution is 5.49. The Balaban J connectivity index is 2.84. The third-order valence-corrected chi connectivity index (χ3v) is 2.17. The van der Waals surface area contributed by atoms with Crippen LogP contribution in [-0.4, -0.2) is 37.1 Å². The monoisotopic (exact) mass is 263 g/mol. The number of hydrogen-bond donors (Lipinski definition) is 3. The molecular formula is C10H16F3N5. The topological polar surface area (TPSA) is 66.2 Å². The Morgan fingerprint density at radius 2 is 1.89 bits per heavy atom. The molecule has 0 amide bonds. The Hall–Kier alpha value is -1.54. The average molecular weight is 263 g/mol. The summed E-state index contributed by atoms with van der Waals surface area (Å²) >= 11 is 0. The summed E-state index contributed by atoms with van der Waals surface area (Å²) < 4.78 is 37.8. The number of hydrazine groups is 1. The van der Waals surface area contributed by atoms with Crippen LogP contribution in [0.15, 0.2) is 12.1 Å². The van der Waals surface area contributed by atoms with Crippen LogP contribution in [0.3, 0.4) is 0 Å². The van der Waals surface area contributed by atoms with E-state index in [0.717, 1.165) is 12.1 Å². The number of hydrogen-bond acceptors (Lipinski definition) is 5. The number of nitrogens with zero attached hydrogens (tertiary/aromatic N) is 2. The van der Waals surface area contributed by atoms with Crippen LogP contribution in [0.1, 0.15) is 5.56 Å². The van der Waals surface area contributed by atoms with Crippen molar-refractivity contribution < 1.29 is 13.2 Å². The fraction of sp³-hybridized carbons (Fsp3) is 0.500. The number of rotatable bonds is 5. The van der Waals surface area contributed by atoms with E-state index < -0.39 is 11.7 Å². The summed E-state index contributed by atoms with van der Waals surface area (Å²) in [5.74, 6) is 5.20. The van der Waals surface area contributed by atoms with Crippen LogP contribution < -0.4 is 16.6 Å². The van der Waals surface area contributed by atoms with Crippen LogP contribution in [0.5, 0.6) is 0 Å². The number of anilines is 2. The van der Waals surface area contributed by atoms with Gasteiger partial charge in [0, 0.05) is 13.1 Å². The van der Waals surface area contributed by atoms with E-state index in [4.69, 9.17) is 5.84 Å². The molecule has 0 aromatic carbocycles. The first-order valence-electron chi connectivity index (χ1n) is 5.27. The quantitative estimate of drug-likeness (QED) is 0.553. The molecule has 1 heterocycles. The Kier molecular flexibility index (Phi) is 4.74. The minimum Gasteiger partial charge on any atom is -0.369 e. The first-order chi connectivity index (χ1) is 8.32. The summed E-state index contributed by atoms with van der Waals surface area (Å²) in [6.45, 7) is 1.18. The minimum absolute atomic E-state index is 0.0304. The van der Waals surface area contributed by atoms with Crippen molar-refractivity contribution >= 4 is 11.6 Å². The van der Waals surface area contributed by atoms with Crippen LogP contribution in [0, 0.1) is 0 Å². The summed E-state index contributed by atoms with van der Waals surface area (Å²) in [5, 5.41) is 2.81. The molecule has 102 valence electrons. The Labute approximate surface area is 103 Å². The zero-order valence-corrected chi connectivity index (χ0v) is 10.2. The highest BCUT2D eigenvalue weighted by atomic mass is 19.4. The highest BCUT2D eigenvalue weighted by Gasteiger charge is 2.31. The van der Waals surface area contributed by atoms with Crippen LogP contribution in [0.25, 0.3) is 0 Å². The van der Waals surface area contributed by atoms with Crippen molar-refractivity contribution in [2.24, 2.45) is 5.84 Å². The first-order valence-corrected chi connectivity index (χ1v) is 5.27. The van der Waals surface area contributed by atoms with E-state index >= 15 is 0 Å². The number of aromatic nitrogens is 1. The van der Waals surface area contributed by atoms with Crippen LogP contribution in [-0.2, 0) is 6.18 Å². The minimum atomic E-state index is -4.42. The van der Waals surface area contributed by atoms with Gasteiger partial charge in [-0.05, 0) is 26.2 Å². The predicted octanol–water partition coefficient (Wildman–Crippen LogP) is 1.36. The number of halogens is 3. The fourth-order valence-corrected chi connectivity index (χ4v) is 1.27. The maximum Gasteiger partial charge on any atom is 0.416 e. The van der Waals surface area contributed by atoms with E-state index in [1.807, 2.05) is 19.0 Å². The molecule has 0 saturated heterocycles. The molecule has 0 aliphatic rings. The standard InChI is InChI=1S/C10H16F3N5/c1-18(2)4-3-15-8-5-7(10(11,12)13)6-9(16-8)17-14/h5-6H,3-4,14H2,1-2H3,(H2,15,16,17). The molecule has 0 fully saturated rings. The molecule has 8 heteroatoms. The van der Waals surface area contributed by atoms with E-state index in [1.54, 1.807) is 0 Å². The van der Waals surface area contributed by atoms with Gasteiger partial charge in [-0.1, -0.05) is 0 Å². The zero-order valence-electron chi connectivity index (χ0n) is 10.2. The van der Waals surface area contributed by atoms with Crippen molar-refractivity contribution in [1.29, 1.82) is 0 Å². The van der Waals surface area contributed by atoms with E-state index in [-0.39, 0.29) is 11.6 Å². The number of nitrogens with two attached hydrogens (primary N) is 1. The van der Waals surface area contributed by atoms with Crippen molar-refractivity contribution in [2.45, 2.75) is 6.18 Å². The normalized spacial score (nSPS) is 11.7. The molecule has 0 bridgehead atoms.